The summed E-state index contributed by atoms with van der Waals surface area (Å²) in [4.78, 5) is 16.9. The van der Waals surface area contributed by atoms with Crippen LogP contribution in [0.2, 0.25) is 0 Å². The van der Waals surface area contributed by atoms with E-state index in [9.17, 15) is 13.2 Å². The summed E-state index contributed by atoms with van der Waals surface area (Å²) in [6, 6.07) is 1.42. The summed E-state index contributed by atoms with van der Waals surface area (Å²) >= 11 is 0. The van der Waals surface area contributed by atoms with Gasteiger partial charge in [-0.25, -0.2) is 8.42 Å². The molecule has 4 rings (SSSR count). The van der Waals surface area contributed by atoms with Crippen molar-refractivity contribution in [2.75, 3.05) is 13.1 Å². The first-order valence-electron chi connectivity index (χ1n) is 9.22. The molecule has 0 radical (unpaired) electrons. The zero-order valence-corrected chi connectivity index (χ0v) is 16.0. The summed E-state index contributed by atoms with van der Waals surface area (Å²) in [7, 11) is -1.92. The molecule has 0 spiro atoms. The van der Waals surface area contributed by atoms with E-state index in [1.807, 2.05) is 0 Å². The Morgan fingerprint density at radius 2 is 2.04 bits per heavy atom. The maximum Gasteiger partial charge on any atom is 0.268 e. The minimum atomic E-state index is -3.57. The predicted octanol–water partition coefficient (Wildman–Crippen LogP) is 1.39. The molecule has 1 saturated carbocycles. The van der Waals surface area contributed by atoms with E-state index in [0.29, 0.717) is 30.7 Å². The van der Waals surface area contributed by atoms with Crippen molar-refractivity contribution in [2.45, 2.75) is 49.5 Å². The third-order valence-corrected chi connectivity index (χ3v) is 6.86. The Balaban J connectivity index is 1.44. The van der Waals surface area contributed by atoms with Crippen molar-refractivity contribution in [3.8, 4) is 0 Å². The van der Waals surface area contributed by atoms with Gasteiger partial charge in [-0.1, -0.05) is 11.6 Å². The van der Waals surface area contributed by atoms with Crippen LogP contribution >= 0.6 is 0 Å². The molecule has 0 aromatic carbocycles. The lowest BCUT2D eigenvalue weighted by atomic mass is 10.2. The number of aryl methyl sites for hydroxylation is 1. The van der Waals surface area contributed by atoms with E-state index in [-0.39, 0.29) is 23.0 Å². The van der Waals surface area contributed by atoms with Gasteiger partial charge in [0.15, 0.2) is 5.82 Å². The van der Waals surface area contributed by atoms with Crippen LogP contribution < -0.4 is 5.32 Å². The van der Waals surface area contributed by atoms with E-state index in [1.54, 1.807) is 7.05 Å². The molecule has 0 unspecified atom stereocenters. The van der Waals surface area contributed by atoms with Crippen LogP contribution in [-0.2, 0) is 23.6 Å². The summed E-state index contributed by atoms with van der Waals surface area (Å²) in [5.74, 6) is 1.03. The molecule has 0 bridgehead atoms. The molecule has 27 heavy (non-hydrogen) atoms. The molecule has 3 heterocycles. The van der Waals surface area contributed by atoms with Crippen molar-refractivity contribution < 1.29 is 17.7 Å². The van der Waals surface area contributed by atoms with Gasteiger partial charge in [-0.2, -0.15) is 9.29 Å². The van der Waals surface area contributed by atoms with Crippen LogP contribution in [0.4, 0.5) is 0 Å². The third-order valence-electron chi connectivity index (χ3n) is 4.99. The second kappa shape index (κ2) is 7.08. The van der Waals surface area contributed by atoms with Crippen molar-refractivity contribution in [2.24, 2.45) is 7.05 Å². The van der Waals surface area contributed by atoms with E-state index >= 15 is 0 Å². The number of nitrogens with zero attached hydrogens (tertiary/aromatic N) is 4. The number of hydrogen-bond acceptors (Lipinski definition) is 6. The van der Waals surface area contributed by atoms with Crippen LogP contribution in [0.3, 0.4) is 0 Å². The lowest BCUT2D eigenvalue weighted by Crippen LogP contribution is -2.35. The standard InChI is InChI=1S/C17H23N5O4S/c1-21-11-13(27(24,25)22-7-3-2-4-8-22)9-14(21)17(23)18-10-15-19-16(20-26-15)12-5-6-12/h9,11-12H,2-8,10H2,1H3,(H,18,23). The summed E-state index contributed by atoms with van der Waals surface area (Å²) in [5.41, 5.74) is 0.271. The van der Waals surface area contributed by atoms with Gasteiger partial charge in [-0.05, 0) is 31.7 Å². The molecule has 10 heteroatoms. The van der Waals surface area contributed by atoms with Crippen LogP contribution in [-0.4, -0.2) is 46.4 Å². The minimum Gasteiger partial charge on any atom is -0.345 e. The third kappa shape index (κ3) is 3.77. The Labute approximate surface area is 157 Å². The van der Waals surface area contributed by atoms with Gasteiger partial charge in [-0.3, -0.25) is 4.79 Å². The fraction of sp³-hybridized carbons (Fsp3) is 0.588. The molecular formula is C17H23N5O4S. The first kappa shape index (κ1) is 18.2. The van der Waals surface area contributed by atoms with Gasteiger partial charge in [0.25, 0.3) is 5.91 Å². The number of carbonyl (C=O) groups is 1. The molecule has 1 aliphatic heterocycles. The van der Waals surface area contributed by atoms with Crippen LogP contribution in [0.25, 0.3) is 0 Å². The zero-order chi connectivity index (χ0) is 19.0. The van der Waals surface area contributed by atoms with Crippen molar-refractivity contribution in [3.05, 3.63) is 29.7 Å². The maximum atomic E-state index is 12.8. The number of carbonyl (C=O) groups excluding carboxylic acids is 1. The average molecular weight is 393 g/mol. The van der Waals surface area contributed by atoms with Gasteiger partial charge in [0.05, 0.1) is 6.54 Å². The Morgan fingerprint density at radius 1 is 1.30 bits per heavy atom. The number of amides is 1. The van der Waals surface area contributed by atoms with Crippen LogP contribution in [0.5, 0.6) is 0 Å². The van der Waals surface area contributed by atoms with E-state index in [2.05, 4.69) is 15.5 Å². The smallest absolute Gasteiger partial charge is 0.268 e. The van der Waals surface area contributed by atoms with E-state index < -0.39 is 10.0 Å². The first-order valence-corrected chi connectivity index (χ1v) is 10.7. The highest BCUT2D eigenvalue weighted by Crippen LogP contribution is 2.38. The Bertz CT molecular complexity index is 938. The van der Waals surface area contributed by atoms with E-state index in [0.717, 1.165) is 32.1 Å². The van der Waals surface area contributed by atoms with Crippen LogP contribution in [0, 0.1) is 0 Å². The van der Waals surface area contributed by atoms with Gasteiger partial charge in [-0.15, -0.1) is 0 Å². The summed E-state index contributed by atoms with van der Waals surface area (Å²) in [6.07, 6.45) is 6.41. The number of nitrogens with one attached hydrogen (secondary N) is 1. The Kier molecular flexibility index (Phi) is 4.77. The molecule has 2 aromatic heterocycles. The number of aromatic nitrogens is 3. The normalized spacial score (nSPS) is 18.6. The van der Waals surface area contributed by atoms with Crippen molar-refractivity contribution in [1.82, 2.24) is 24.3 Å². The minimum absolute atomic E-state index is 0.109. The molecular weight excluding hydrogens is 370 g/mol. The average Bonchev–Trinajstić information content (AvgIpc) is 3.27. The SMILES string of the molecule is Cn1cc(S(=O)(=O)N2CCCCC2)cc1C(=O)NCc1nc(C2CC2)no1. The van der Waals surface area contributed by atoms with E-state index in [4.69, 9.17) is 4.52 Å². The summed E-state index contributed by atoms with van der Waals surface area (Å²) < 4.78 is 33.7. The largest absolute Gasteiger partial charge is 0.345 e. The molecule has 9 nitrogen and oxygen atoms in total. The topological polar surface area (TPSA) is 110 Å². The fourth-order valence-corrected chi connectivity index (χ4v) is 4.84. The lowest BCUT2D eigenvalue weighted by molar-refractivity contribution is 0.0938. The van der Waals surface area contributed by atoms with E-state index in [1.165, 1.54) is 21.1 Å². The van der Waals surface area contributed by atoms with Gasteiger partial charge in [0.1, 0.15) is 10.6 Å². The highest BCUT2D eigenvalue weighted by atomic mass is 32.2. The number of piperidine rings is 1. The quantitative estimate of drug-likeness (QED) is 0.794. The lowest BCUT2D eigenvalue weighted by Gasteiger charge is -2.25. The van der Waals surface area contributed by atoms with Crippen molar-refractivity contribution >= 4 is 15.9 Å². The second-order valence-electron chi connectivity index (χ2n) is 7.14. The zero-order valence-electron chi connectivity index (χ0n) is 15.2. The van der Waals surface area contributed by atoms with Gasteiger partial charge >= 0.3 is 0 Å². The first-order chi connectivity index (χ1) is 12.9. The molecule has 1 amide bonds. The molecule has 2 fully saturated rings. The highest BCUT2D eigenvalue weighted by Gasteiger charge is 2.30. The maximum absolute atomic E-state index is 12.8. The monoisotopic (exact) mass is 393 g/mol. The molecule has 2 aliphatic rings. The molecule has 1 N–H and O–H groups in total. The fourth-order valence-electron chi connectivity index (χ4n) is 3.25. The Morgan fingerprint density at radius 3 is 2.74 bits per heavy atom. The van der Waals surface area contributed by atoms with Crippen molar-refractivity contribution in [3.63, 3.8) is 0 Å². The highest BCUT2D eigenvalue weighted by molar-refractivity contribution is 7.89. The number of hydrogen-bond donors (Lipinski definition) is 1. The molecule has 0 atom stereocenters. The Hall–Kier alpha value is -2.20. The number of rotatable bonds is 6. The van der Waals surface area contributed by atoms with Gasteiger partial charge < -0.3 is 14.4 Å². The predicted molar refractivity (Wildman–Crippen MR) is 95.5 cm³/mol. The van der Waals surface area contributed by atoms with Gasteiger partial charge in [0.2, 0.25) is 15.9 Å². The van der Waals surface area contributed by atoms with Crippen LogP contribution in [0.1, 0.15) is 60.2 Å². The van der Waals surface area contributed by atoms with Gasteiger partial charge in [0, 0.05) is 32.3 Å². The summed E-state index contributed by atoms with van der Waals surface area (Å²) in [6.45, 7) is 1.16. The summed E-state index contributed by atoms with van der Waals surface area (Å²) in [5, 5.41) is 6.62. The molecule has 1 saturated heterocycles. The molecule has 1 aliphatic carbocycles. The molecule has 2 aromatic rings. The van der Waals surface area contributed by atoms with Crippen LogP contribution in [0.15, 0.2) is 21.7 Å². The van der Waals surface area contributed by atoms with Crippen molar-refractivity contribution in [1.29, 1.82) is 0 Å². The molecule has 146 valence electrons. The number of sulfonamides is 1. The second-order valence-corrected chi connectivity index (χ2v) is 9.08.